The summed E-state index contributed by atoms with van der Waals surface area (Å²) in [7, 11) is 0. The number of nitrogens with one attached hydrogen (secondary N) is 1. The summed E-state index contributed by atoms with van der Waals surface area (Å²) in [5.41, 5.74) is 6.94. The molecule has 2 heteroatoms. The van der Waals surface area contributed by atoms with E-state index in [0.29, 0.717) is 12.1 Å². The molecule has 2 nitrogen and oxygen atoms in total. The van der Waals surface area contributed by atoms with Gasteiger partial charge >= 0.3 is 0 Å². The average molecular weight is 305 g/mol. The van der Waals surface area contributed by atoms with Crippen molar-refractivity contribution in [3.63, 3.8) is 0 Å². The molecule has 0 radical (unpaired) electrons. The van der Waals surface area contributed by atoms with Crippen LogP contribution in [0, 0.1) is 5.92 Å². The third-order valence-electron chi connectivity index (χ3n) is 4.86. The van der Waals surface area contributed by atoms with Crippen molar-refractivity contribution in [1.82, 2.24) is 5.32 Å². The molecule has 0 aromatic heterocycles. The van der Waals surface area contributed by atoms with E-state index in [2.05, 4.69) is 37.9 Å². The number of unbranched alkanes of at least 4 members (excludes halogenated alkanes) is 5. The fourth-order valence-corrected chi connectivity index (χ4v) is 3.12. The summed E-state index contributed by atoms with van der Waals surface area (Å²) in [4.78, 5) is 0. The van der Waals surface area contributed by atoms with Gasteiger partial charge in [0.25, 0.3) is 0 Å². The molecule has 1 fully saturated rings. The number of hydrogen-bond donors (Lipinski definition) is 2. The third kappa shape index (κ3) is 7.42. The molecule has 22 heavy (non-hydrogen) atoms. The van der Waals surface area contributed by atoms with Crippen LogP contribution in [0.5, 0.6) is 0 Å². The van der Waals surface area contributed by atoms with Gasteiger partial charge in [-0.2, -0.15) is 0 Å². The molecule has 0 aromatic carbocycles. The molecule has 0 saturated carbocycles. The van der Waals surface area contributed by atoms with Crippen LogP contribution < -0.4 is 11.1 Å². The predicted molar refractivity (Wildman–Crippen MR) is 99.0 cm³/mol. The zero-order valence-electron chi connectivity index (χ0n) is 14.7. The Hall–Kier alpha value is -0.860. The van der Waals surface area contributed by atoms with Gasteiger partial charge in [0, 0.05) is 12.1 Å². The molecule has 0 aromatic rings. The van der Waals surface area contributed by atoms with E-state index >= 15 is 0 Å². The lowest BCUT2D eigenvalue weighted by Gasteiger charge is -2.42. The Labute approximate surface area is 137 Å². The molecule has 0 aliphatic carbocycles. The van der Waals surface area contributed by atoms with E-state index < -0.39 is 0 Å². The Morgan fingerprint density at radius 3 is 2.45 bits per heavy atom. The maximum absolute atomic E-state index is 5.51. The normalized spacial score (nSPS) is 23.5. The van der Waals surface area contributed by atoms with Gasteiger partial charge in [-0.25, -0.2) is 0 Å². The topological polar surface area (TPSA) is 38.0 Å². The largest absolute Gasteiger partial charge is 0.330 e. The highest BCUT2D eigenvalue weighted by molar-refractivity contribution is 5.21. The lowest BCUT2D eigenvalue weighted by molar-refractivity contribution is 0.212. The van der Waals surface area contributed by atoms with Gasteiger partial charge in [-0.3, -0.25) is 0 Å². The van der Waals surface area contributed by atoms with Crippen molar-refractivity contribution >= 4 is 0 Å². The molecular weight excluding hydrogens is 268 g/mol. The Morgan fingerprint density at radius 1 is 1.18 bits per heavy atom. The van der Waals surface area contributed by atoms with E-state index in [1.165, 1.54) is 56.9 Å². The second-order valence-electron chi connectivity index (χ2n) is 6.77. The van der Waals surface area contributed by atoms with Crippen molar-refractivity contribution in [2.45, 2.75) is 77.3 Å². The summed E-state index contributed by atoms with van der Waals surface area (Å²) in [6.45, 7) is 9.16. The Balaban J connectivity index is 2.07. The molecule has 0 bridgehead atoms. The zero-order chi connectivity index (χ0) is 16.2. The van der Waals surface area contributed by atoms with Gasteiger partial charge in [0.2, 0.25) is 0 Å². The monoisotopic (exact) mass is 304 g/mol. The standard InChI is InChI=1S/C20H36N2/c1-4-5-10-13-17(2)19-16-20(22-19)18(3)14-11-8-6-7-9-12-15-21/h4-5,10,13,18-20,22H,1,6-9,11-12,14-16,21H2,2-3H3/b10-5-,17-13+. The molecule has 1 aliphatic rings. The molecule has 1 heterocycles. The van der Waals surface area contributed by atoms with E-state index in [4.69, 9.17) is 5.73 Å². The van der Waals surface area contributed by atoms with Crippen molar-refractivity contribution in [3.8, 4) is 0 Å². The van der Waals surface area contributed by atoms with Gasteiger partial charge in [0.1, 0.15) is 0 Å². The van der Waals surface area contributed by atoms with Crippen LogP contribution in [0.4, 0.5) is 0 Å². The molecule has 1 rings (SSSR count). The lowest BCUT2D eigenvalue weighted by atomic mass is 9.82. The summed E-state index contributed by atoms with van der Waals surface area (Å²) < 4.78 is 0. The Bertz CT molecular complexity index is 351. The smallest absolute Gasteiger partial charge is 0.0297 e. The fraction of sp³-hybridized carbons (Fsp3) is 0.700. The maximum Gasteiger partial charge on any atom is 0.0297 e. The van der Waals surface area contributed by atoms with Crippen molar-refractivity contribution in [2.75, 3.05) is 6.54 Å². The van der Waals surface area contributed by atoms with Gasteiger partial charge in [0.05, 0.1) is 0 Å². The van der Waals surface area contributed by atoms with Gasteiger partial charge in [0.15, 0.2) is 0 Å². The Morgan fingerprint density at radius 2 is 1.82 bits per heavy atom. The average Bonchev–Trinajstić information content (AvgIpc) is 2.45. The summed E-state index contributed by atoms with van der Waals surface area (Å²) in [6.07, 6.45) is 18.7. The van der Waals surface area contributed by atoms with Crippen molar-refractivity contribution < 1.29 is 0 Å². The first-order chi connectivity index (χ1) is 10.7. The molecule has 1 saturated heterocycles. The second-order valence-corrected chi connectivity index (χ2v) is 6.77. The summed E-state index contributed by atoms with van der Waals surface area (Å²) in [5, 5.41) is 3.73. The van der Waals surface area contributed by atoms with Gasteiger partial charge < -0.3 is 11.1 Å². The quantitative estimate of drug-likeness (QED) is 0.404. The minimum Gasteiger partial charge on any atom is -0.330 e. The summed E-state index contributed by atoms with van der Waals surface area (Å²) in [6, 6.07) is 1.30. The molecule has 3 atom stereocenters. The van der Waals surface area contributed by atoms with Gasteiger partial charge in [-0.15, -0.1) is 0 Å². The first-order valence-corrected chi connectivity index (χ1v) is 9.11. The molecule has 3 N–H and O–H groups in total. The van der Waals surface area contributed by atoms with E-state index in [0.717, 1.165) is 12.5 Å². The maximum atomic E-state index is 5.51. The molecule has 0 spiro atoms. The minimum atomic E-state index is 0.582. The van der Waals surface area contributed by atoms with Crippen LogP contribution in [-0.4, -0.2) is 18.6 Å². The van der Waals surface area contributed by atoms with Crippen LogP contribution in [0.1, 0.15) is 65.2 Å². The van der Waals surface area contributed by atoms with Crippen LogP contribution in [0.25, 0.3) is 0 Å². The van der Waals surface area contributed by atoms with Gasteiger partial charge in [-0.05, 0) is 38.6 Å². The lowest BCUT2D eigenvalue weighted by Crippen LogP contribution is -2.55. The number of rotatable bonds is 12. The van der Waals surface area contributed by atoms with E-state index in [1.54, 1.807) is 0 Å². The molecule has 126 valence electrons. The second kappa shape index (κ2) is 11.7. The number of allylic oxidation sites excluding steroid dienone is 4. The number of nitrogens with two attached hydrogens (primary N) is 1. The van der Waals surface area contributed by atoms with E-state index in [9.17, 15) is 0 Å². The van der Waals surface area contributed by atoms with Crippen LogP contribution in [0.15, 0.2) is 36.5 Å². The van der Waals surface area contributed by atoms with E-state index in [1.807, 2.05) is 12.2 Å². The van der Waals surface area contributed by atoms with E-state index in [-0.39, 0.29) is 0 Å². The zero-order valence-corrected chi connectivity index (χ0v) is 14.7. The van der Waals surface area contributed by atoms with Crippen molar-refractivity contribution in [1.29, 1.82) is 0 Å². The first kappa shape index (κ1) is 19.2. The predicted octanol–water partition coefficient (Wildman–Crippen LogP) is 4.73. The third-order valence-corrected chi connectivity index (χ3v) is 4.86. The fourth-order valence-electron chi connectivity index (χ4n) is 3.12. The number of hydrogen-bond acceptors (Lipinski definition) is 2. The summed E-state index contributed by atoms with van der Waals surface area (Å²) >= 11 is 0. The van der Waals surface area contributed by atoms with Crippen LogP contribution in [0.2, 0.25) is 0 Å². The SMILES string of the molecule is C=C/C=C\C=C(/C)C1CC(C(C)CCCCCCCCN)N1. The van der Waals surface area contributed by atoms with Gasteiger partial charge in [-0.1, -0.05) is 75.5 Å². The highest BCUT2D eigenvalue weighted by atomic mass is 15.0. The van der Waals surface area contributed by atoms with Crippen LogP contribution in [0.3, 0.4) is 0 Å². The Kier molecular flexibility index (Phi) is 10.2. The highest BCUT2D eigenvalue weighted by Gasteiger charge is 2.32. The molecule has 0 amide bonds. The van der Waals surface area contributed by atoms with Crippen LogP contribution >= 0.6 is 0 Å². The summed E-state index contributed by atoms with van der Waals surface area (Å²) in [5.74, 6) is 0.803. The molecule has 3 unspecified atom stereocenters. The van der Waals surface area contributed by atoms with Crippen LogP contribution in [-0.2, 0) is 0 Å². The minimum absolute atomic E-state index is 0.582. The highest BCUT2D eigenvalue weighted by Crippen LogP contribution is 2.27. The molecule has 1 aliphatic heterocycles. The molecular formula is C20H36N2. The van der Waals surface area contributed by atoms with Crippen molar-refractivity contribution in [3.05, 3.63) is 36.5 Å². The first-order valence-electron chi connectivity index (χ1n) is 9.11. The van der Waals surface area contributed by atoms with Crippen molar-refractivity contribution in [2.24, 2.45) is 11.7 Å².